The van der Waals surface area contributed by atoms with Crippen LogP contribution in [-0.2, 0) is 19.2 Å². The van der Waals surface area contributed by atoms with Crippen LogP contribution in [0.4, 0.5) is 0 Å². The molecule has 0 bridgehead atoms. The van der Waals surface area contributed by atoms with E-state index < -0.39 is 23.9 Å². The van der Waals surface area contributed by atoms with Crippen LogP contribution in [0.15, 0.2) is 0 Å². The van der Waals surface area contributed by atoms with Crippen LogP contribution < -0.4 is 63.7 Å². The number of carbonyl (C=O) groups is 4. The van der Waals surface area contributed by atoms with Crippen molar-refractivity contribution in [3.05, 3.63) is 0 Å². The molecule has 0 aromatic carbocycles. The van der Waals surface area contributed by atoms with Crippen LogP contribution in [0.25, 0.3) is 0 Å². The summed E-state index contributed by atoms with van der Waals surface area (Å²) in [7, 11) is 0. The molecular formula is C4H4INaO8. The second-order valence-electron chi connectivity index (χ2n) is 1.19. The van der Waals surface area contributed by atoms with E-state index in [1.54, 1.807) is 0 Å². The summed E-state index contributed by atoms with van der Waals surface area (Å²) >= 11 is 0. The number of aliphatic carboxylic acids is 4. The maximum absolute atomic E-state index is 9.10. The normalized spacial score (nSPS) is 6.29. The molecule has 0 aliphatic heterocycles. The van der Waals surface area contributed by atoms with Gasteiger partial charge in [-0.1, -0.05) is 0 Å². The van der Waals surface area contributed by atoms with Gasteiger partial charge in [-0.15, -0.1) is 0 Å². The summed E-state index contributed by atoms with van der Waals surface area (Å²) in [6.45, 7) is 0. The zero-order valence-electron chi connectivity index (χ0n) is 6.79. The topological polar surface area (TPSA) is 155 Å². The molecular weight excluding hydrogens is 326 g/mol. The molecule has 76 valence electrons. The van der Waals surface area contributed by atoms with E-state index in [2.05, 4.69) is 0 Å². The molecule has 0 radical (unpaired) electrons. The minimum Gasteiger partial charge on any atom is -0.543 e. The Balaban J connectivity index is -0.0000000625. The number of carbonyl (C=O) groups excluding carboxylic acids is 2. The van der Waals surface area contributed by atoms with Gasteiger partial charge in [-0.05, 0) is 0 Å². The Morgan fingerprint density at radius 2 is 0.929 bits per heavy atom. The van der Waals surface area contributed by atoms with Crippen LogP contribution in [0.1, 0.15) is 0 Å². The van der Waals surface area contributed by atoms with Gasteiger partial charge in [0.1, 0.15) is 0 Å². The monoisotopic (exact) mass is 330 g/mol. The first kappa shape index (κ1) is 23.4. The number of halogens is 1. The van der Waals surface area contributed by atoms with Gasteiger partial charge in [0.2, 0.25) is 24.0 Å². The van der Waals surface area contributed by atoms with E-state index in [4.69, 9.17) is 39.6 Å². The molecule has 2 N–H and O–H groups in total. The van der Waals surface area contributed by atoms with Crippen LogP contribution in [0.2, 0.25) is 0 Å². The third-order valence-electron chi connectivity index (χ3n) is 0.350. The summed E-state index contributed by atoms with van der Waals surface area (Å²) in [6.07, 6.45) is 0. The van der Waals surface area contributed by atoms with Crippen molar-refractivity contribution in [1.82, 2.24) is 0 Å². The minimum atomic E-state index is -2.19. The quantitative estimate of drug-likeness (QED) is 0.252. The fourth-order valence-corrected chi connectivity index (χ4v) is 0. The van der Waals surface area contributed by atoms with Crippen molar-refractivity contribution in [2.24, 2.45) is 0 Å². The molecule has 0 aromatic rings. The fourth-order valence-electron chi connectivity index (χ4n) is 0. The second kappa shape index (κ2) is 12.6. The van der Waals surface area contributed by atoms with Crippen LogP contribution in [-0.4, -0.2) is 34.1 Å². The Morgan fingerprint density at radius 1 is 0.786 bits per heavy atom. The molecule has 0 heterocycles. The van der Waals surface area contributed by atoms with Crippen LogP contribution >= 0.6 is 0 Å². The molecule has 8 nitrogen and oxygen atoms in total. The summed E-state index contributed by atoms with van der Waals surface area (Å²) < 4.78 is 0. The molecule has 10 heteroatoms. The molecule has 0 saturated carbocycles. The molecule has 0 atom stereocenters. The summed E-state index contributed by atoms with van der Waals surface area (Å²) in [5, 5.41) is 32.6. The smallest absolute Gasteiger partial charge is 0.543 e. The van der Waals surface area contributed by atoms with E-state index in [9.17, 15) is 0 Å². The van der Waals surface area contributed by atoms with Gasteiger partial charge in [0, 0.05) is 0 Å². The van der Waals surface area contributed by atoms with Crippen molar-refractivity contribution >= 4 is 23.9 Å². The summed E-state index contributed by atoms with van der Waals surface area (Å²) in [5.41, 5.74) is 0. The van der Waals surface area contributed by atoms with Crippen molar-refractivity contribution in [3.63, 3.8) is 0 Å². The zero-order valence-corrected chi connectivity index (χ0v) is 11.3. The van der Waals surface area contributed by atoms with E-state index in [1.807, 2.05) is 0 Å². The van der Waals surface area contributed by atoms with Gasteiger partial charge >= 0.3 is 41.5 Å². The summed E-state index contributed by atoms with van der Waals surface area (Å²) in [5.74, 6) is -8.02. The number of rotatable bonds is 0. The Bertz CT molecular complexity index is 177. The molecule has 0 fully saturated rings. The Labute approximate surface area is 116 Å². The van der Waals surface area contributed by atoms with Crippen molar-refractivity contribution in [3.8, 4) is 0 Å². The van der Waals surface area contributed by atoms with Crippen molar-refractivity contribution in [2.75, 3.05) is 0 Å². The maximum atomic E-state index is 9.10. The van der Waals surface area contributed by atoms with E-state index in [0.29, 0.717) is 0 Å². The molecule has 0 spiro atoms. The van der Waals surface area contributed by atoms with Gasteiger partial charge in [0.25, 0.3) is 0 Å². The standard InChI is InChI=1S/2C2H2O4.H2I.Na/c2*3-1(4)2(5)6;;/h2*(H,3,4)(H,5,6);1H2;/q;;2*+1/p-2. The average molecular weight is 330 g/mol. The molecule has 0 unspecified atom stereocenters. The van der Waals surface area contributed by atoms with Crippen LogP contribution in [0.5, 0.6) is 0 Å². The third-order valence-corrected chi connectivity index (χ3v) is 0.350. The van der Waals surface area contributed by atoms with Gasteiger partial charge in [-0.3, -0.25) is 0 Å². The Morgan fingerprint density at radius 3 is 0.929 bits per heavy atom. The minimum absolute atomic E-state index is 0. The Hall–Kier alpha value is -0.390. The summed E-state index contributed by atoms with van der Waals surface area (Å²) in [6, 6.07) is 0. The Kier molecular flexibility index (Phi) is 21.1. The summed E-state index contributed by atoms with van der Waals surface area (Å²) in [4.78, 5) is 36.1. The molecule has 0 aromatic heterocycles. The van der Waals surface area contributed by atoms with Crippen molar-refractivity contribution in [2.45, 2.75) is 0 Å². The number of hydrogen-bond acceptors (Lipinski definition) is 6. The van der Waals surface area contributed by atoms with E-state index in [-0.39, 0.29) is 53.5 Å². The first-order chi connectivity index (χ1) is 5.29. The number of hydrogen-bond donors (Lipinski definition) is 2. The predicted octanol–water partition coefficient (Wildman–Crippen LogP) is -10.9. The molecule has 0 amide bonds. The predicted molar refractivity (Wildman–Crippen MR) is 28.1 cm³/mol. The molecule has 0 saturated heterocycles. The van der Waals surface area contributed by atoms with Gasteiger partial charge in [0.05, 0.1) is 11.9 Å². The van der Waals surface area contributed by atoms with Crippen molar-refractivity contribution < 1.29 is 93.1 Å². The zero-order chi connectivity index (χ0) is 10.3. The van der Waals surface area contributed by atoms with E-state index in [1.165, 1.54) is 0 Å². The van der Waals surface area contributed by atoms with Gasteiger partial charge in [-0.25, -0.2) is 9.59 Å². The van der Waals surface area contributed by atoms with Gasteiger partial charge in [-0.2, -0.15) is 0 Å². The molecule has 14 heavy (non-hydrogen) atoms. The fraction of sp³-hybridized carbons (Fsp3) is 0. The molecule has 0 aliphatic rings. The van der Waals surface area contributed by atoms with E-state index in [0.717, 1.165) is 0 Å². The average Bonchev–Trinajstić information content (AvgIpc) is 1.88. The third kappa shape index (κ3) is 22.6. The molecule has 0 rings (SSSR count). The van der Waals surface area contributed by atoms with Crippen molar-refractivity contribution in [1.29, 1.82) is 0 Å². The maximum Gasteiger partial charge on any atom is 1.00 e. The van der Waals surface area contributed by atoms with Gasteiger partial charge < -0.3 is 30.0 Å². The number of carboxylic acids is 4. The van der Waals surface area contributed by atoms with E-state index >= 15 is 0 Å². The first-order valence-electron chi connectivity index (χ1n) is 2.17. The SMILES string of the molecule is O=C(O)C(=O)O.O=C([O-])C(=O)[O-].[IH2+].[Na+]. The molecule has 0 aliphatic carbocycles. The van der Waals surface area contributed by atoms with Crippen LogP contribution in [0.3, 0.4) is 0 Å². The number of carboxylic acid groups (broad SMARTS) is 4. The van der Waals surface area contributed by atoms with Gasteiger partial charge in [0.15, 0.2) is 0 Å². The second-order valence-corrected chi connectivity index (χ2v) is 1.19. The van der Waals surface area contributed by atoms with Crippen LogP contribution in [0, 0.1) is 0 Å². The first-order valence-corrected chi connectivity index (χ1v) is 2.17. The largest absolute Gasteiger partial charge is 1.00 e.